The highest BCUT2D eigenvalue weighted by molar-refractivity contribution is 5.72. The number of aromatic hydroxyl groups is 1. The summed E-state index contributed by atoms with van der Waals surface area (Å²) >= 11 is 0. The van der Waals surface area contributed by atoms with Crippen molar-refractivity contribution in [2.75, 3.05) is 5.32 Å². The molecule has 3 nitrogen and oxygen atoms in total. The van der Waals surface area contributed by atoms with Crippen molar-refractivity contribution in [2.24, 2.45) is 0 Å². The largest absolute Gasteiger partial charge is 0.508 e. The van der Waals surface area contributed by atoms with E-state index >= 15 is 0 Å². The smallest absolute Gasteiger partial charge is 0.211 e. The monoisotopic (exact) mass is 169 g/mol. The van der Waals surface area contributed by atoms with Gasteiger partial charge in [-0.05, 0) is 18.6 Å². The summed E-state index contributed by atoms with van der Waals surface area (Å²) in [6.45, 7) is 1.57. The number of phenols is 1. The number of benzene rings is 1. The first-order chi connectivity index (χ1) is 5.65. The molecule has 4 heteroatoms. The van der Waals surface area contributed by atoms with Gasteiger partial charge in [-0.2, -0.15) is 0 Å². The minimum atomic E-state index is -0.558. The molecule has 1 rings (SSSR count). The van der Waals surface area contributed by atoms with Gasteiger partial charge in [-0.3, -0.25) is 4.79 Å². The summed E-state index contributed by atoms with van der Waals surface area (Å²) in [6, 6.07) is 2.32. The van der Waals surface area contributed by atoms with Crippen molar-refractivity contribution in [1.29, 1.82) is 0 Å². The number of hydrogen-bond acceptors (Lipinski definition) is 2. The molecule has 1 amide bonds. The lowest BCUT2D eigenvalue weighted by Gasteiger charge is -2.03. The lowest BCUT2D eigenvalue weighted by Crippen LogP contribution is -1.97. The molecule has 0 radical (unpaired) electrons. The molecule has 12 heavy (non-hydrogen) atoms. The SMILES string of the molecule is Cc1cc(F)c(NC=O)cc1O. The van der Waals surface area contributed by atoms with E-state index in [1.165, 1.54) is 6.07 Å². The van der Waals surface area contributed by atoms with Gasteiger partial charge >= 0.3 is 0 Å². The molecule has 0 saturated heterocycles. The second kappa shape index (κ2) is 3.21. The van der Waals surface area contributed by atoms with Crippen LogP contribution in [0.25, 0.3) is 0 Å². The van der Waals surface area contributed by atoms with E-state index in [2.05, 4.69) is 5.32 Å². The second-order valence-corrected chi connectivity index (χ2v) is 2.38. The van der Waals surface area contributed by atoms with Crippen molar-refractivity contribution < 1.29 is 14.3 Å². The Morgan fingerprint density at radius 1 is 1.58 bits per heavy atom. The molecule has 2 N–H and O–H groups in total. The topological polar surface area (TPSA) is 49.3 Å². The van der Waals surface area contributed by atoms with Crippen LogP contribution in [0.1, 0.15) is 5.56 Å². The normalized spacial score (nSPS) is 9.50. The van der Waals surface area contributed by atoms with E-state index in [1.54, 1.807) is 6.92 Å². The van der Waals surface area contributed by atoms with Crippen molar-refractivity contribution in [1.82, 2.24) is 0 Å². The number of hydrogen-bond donors (Lipinski definition) is 2. The molecule has 0 heterocycles. The Hall–Kier alpha value is -1.58. The molecule has 64 valence electrons. The highest BCUT2D eigenvalue weighted by atomic mass is 19.1. The minimum Gasteiger partial charge on any atom is -0.508 e. The number of rotatable bonds is 2. The predicted octanol–water partition coefficient (Wildman–Crippen LogP) is 1.41. The Bertz CT molecular complexity index is 312. The van der Waals surface area contributed by atoms with Crippen molar-refractivity contribution >= 4 is 12.1 Å². The summed E-state index contributed by atoms with van der Waals surface area (Å²) in [6.07, 6.45) is 0.354. The average molecular weight is 169 g/mol. The third-order valence-corrected chi connectivity index (χ3v) is 1.50. The van der Waals surface area contributed by atoms with Crippen LogP contribution in [-0.4, -0.2) is 11.5 Å². The fourth-order valence-electron chi connectivity index (χ4n) is 0.835. The van der Waals surface area contributed by atoms with Crippen LogP contribution >= 0.6 is 0 Å². The van der Waals surface area contributed by atoms with Gasteiger partial charge in [0.05, 0.1) is 5.69 Å². The maximum Gasteiger partial charge on any atom is 0.211 e. The third kappa shape index (κ3) is 1.53. The lowest BCUT2D eigenvalue weighted by atomic mass is 10.2. The van der Waals surface area contributed by atoms with Crippen LogP contribution in [0, 0.1) is 12.7 Å². The second-order valence-electron chi connectivity index (χ2n) is 2.38. The van der Waals surface area contributed by atoms with Crippen LogP contribution in [-0.2, 0) is 4.79 Å². The van der Waals surface area contributed by atoms with Crippen LogP contribution in [0.3, 0.4) is 0 Å². The molecular formula is C8H8FNO2. The molecule has 0 spiro atoms. The summed E-state index contributed by atoms with van der Waals surface area (Å²) < 4.78 is 12.9. The Balaban J connectivity index is 3.13. The zero-order valence-corrected chi connectivity index (χ0v) is 6.47. The number of carbonyl (C=O) groups excluding carboxylic acids is 1. The first-order valence-corrected chi connectivity index (χ1v) is 3.34. The molecule has 0 aromatic heterocycles. The van der Waals surface area contributed by atoms with Crippen LogP contribution < -0.4 is 5.32 Å². The number of nitrogens with one attached hydrogen (secondary N) is 1. The summed E-state index contributed by atoms with van der Waals surface area (Å²) in [5.74, 6) is -0.599. The van der Waals surface area contributed by atoms with Gasteiger partial charge in [0.25, 0.3) is 0 Å². The molecule has 0 aliphatic heterocycles. The quantitative estimate of drug-likeness (QED) is 0.657. The number of anilines is 1. The Labute approximate surface area is 68.8 Å². The van der Waals surface area contributed by atoms with Gasteiger partial charge in [0.2, 0.25) is 6.41 Å². The summed E-state index contributed by atoms with van der Waals surface area (Å²) in [5.41, 5.74) is 0.414. The molecule has 0 fully saturated rings. The molecule has 0 atom stereocenters. The molecule has 0 aliphatic rings. The molecule has 0 saturated carbocycles. The minimum absolute atomic E-state index is 0.0203. The van der Waals surface area contributed by atoms with E-state index < -0.39 is 5.82 Å². The summed E-state index contributed by atoms with van der Waals surface area (Å²) in [5, 5.41) is 11.3. The van der Waals surface area contributed by atoms with Gasteiger partial charge in [0.1, 0.15) is 11.6 Å². The average Bonchev–Trinajstić information content (AvgIpc) is 2.01. The Morgan fingerprint density at radius 3 is 2.83 bits per heavy atom. The zero-order valence-electron chi connectivity index (χ0n) is 6.47. The maximum absolute atomic E-state index is 12.9. The number of halogens is 1. The zero-order chi connectivity index (χ0) is 9.14. The van der Waals surface area contributed by atoms with Gasteiger partial charge in [-0.1, -0.05) is 0 Å². The van der Waals surface area contributed by atoms with Gasteiger partial charge in [0.15, 0.2) is 0 Å². The molecule has 1 aromatic rings. The summed E-state index contributed by atoms with van der Waals surface area (Å²) in [7, 11) is 0. The molecule has 1 aromatic carbocycles. The van der Waals surface area contributed by atoms with Crippen LogP contribution in [0.4, 0.5) is 10.1 Å². The molecule has 0 unspecified atom stereocenters. The Morgan fingerprint density at radius 2 is 2.25 bits per heavy atom. The van der Waals surface area contributed by atoms with Gasteiger partial charge in [0, 0.05) is 6.07 Å². The van der Waals surface area contributed by atoms with E-state index in [9.17, 15) is 9.18 Å². The van der Waals surface area contributed by atoms with Crippen molar-refractivity contribution in [3.8, 4) is 5.75 Å². The fraction of sp³-hybridized carbons (Fsp3) is 0.125. The number of carbonyl (C=O) groups is 1. The lowest BCUT2D eigenvalue weighted by molar-refractivity contribution is -0.105. The van der Waals surface area contributed by atoms with Crippen LogP contribution in [0.5, 0.6) is 5.75 Å². The van der Waals surface area contributed by atoms with Crippen LogP contribution in [0.2, 0.25) is 0 Å². The van der Waals surface area contributed by atoms with E-state index in [4.69, 9.17) is 5.11 Å². The van der Waals surface area contributed by atoms with Gasteiger partial charge in [-0.15, -0.1) is 0 Å². The number of amides is 1. The van der Waals surface area contributed by atoms with Crippen molar-refractivity contribution in [2.45, 2.75) is 6.92 Å². The first kappa shape index (κ1) is 8.52. The van der Waals surface area contributed by atoms with Crippen LogP contribution in [0.15, 0.2) is 12.1 Å². The molecule has 0 aliphatic carbocycles. The Kier molecular flexibility index (Phi) is 2.28. The highest BCUT2D eigenvalue weighted by Crippen LogP contribution is 2.23. The number of aryl methyl sites for hydroxylation is 1. The van der Waals surface area contributed by atoms with E-state index in [1.807, 2.05) is 0 Å². The molecular weight excluding hydrogens is 161 g/mol. The van der Waals surface area contributed by atoms with E-state index in [-0.39, 0.29) is 11.4 Å². The third-order valence-electron chi connectivity index (χ3n) is 1.50. The van der Waals surface area contributed by atoms with Gasteiger partial charge < -0.3 is 10.4 Å². The van der Waals surface area contributed by atoms with E-state index in [0.717, 1.165) is 6.07 Å². The fourth-order valence-corrected chi connectivity index (χ4v) is 0.835. The van der Waals surface area contributed by atoms with Crippen molar-refractivity contribution in [3.63, 3.8) is 0 Å². The first-order valence-electron chi connectivity index (χ1n) is 3.34. The standard InChI is InChI=1S/C8H8FNO2/c1-5-2-6(9)7(10-4-11)3-8(5)12/h2-4,12H,1H3,(H,10,11). The van der Waals surface area contributed by atoms with Crippen molar-refractivity contribution in [3.05, 3.63) is 23.5 Å². The highest BCUT2D eigenvalue weighted by Gasteiger charge is 2.04. The maximum atomic E-state index is 12.9. The predicted molar refractivity (Wildman–Crippen MR) is 42.5 cm³/mol. The molecule has 0 bridgehead atoms. The van der Waals surface area contributed by atoms with Gasteiger partial charge in [-0.25, -0.2) is 4.39 Å². The summed E-state index contributed by atoms with van der Waals surface area (Å²) in [4.78, 5) is 9.96. The van der Waals surface area contributed by atoms with E-state index in [0.29, 0.717) is 12.0 Å². The number of phenolic OH excluding ortho intramolecular Hbond substituents is 1.